The first-order valence-corrected chi connectivity index (χ1v) is 8.21. The Morgan fingerprint density at radius 3 is 2.23 bits per heavy atom. The molecule has 0 spiro atoms. The van der Waals surface area contributed by atoms with E-state index in [1.165, 1.54) is 6.92 Å². The van der Waals surface area contributed by atoms with E-state index < -0.39 is 0 Å². The van der Waals surface area contributed by atoms with Gasteiger partial charge in [-0.3, -0.25) is 9.59 Å². The molecule has 0 unspecified atom stereocenters. The summed E-state index contributed by atoms with van der Waals surface area (Å²) in [4.78, 5) is 23.2. The summed E-state index contributed by atoms with van der Waals surface area (Å²) in [5.41, 5.74) is 3.02. The van der Waals surface area contributed by atoms with Gasteiger partial charge in [0.15, 0.2) is 0 Å². The van der Waals surface area contributed by atoms with Gasteiger partial charge in [-0.15, -0.1) is 0 Å². The Kier molecular flexibility index (Phi) is 6.79. The molecule has 6 nitrogen and oxygen atoms in total. The summed E-state index contributed by atoms with van der Waals surface area (Å²) in [6, 6.07) is 14.3. The van der Waals surface area contributed by atoms with Crippen molar-refractivity contribution in [1.82, 2.24) is 0 Å². The normalized spacial score (nSPS) is 9.92. The van der Waals surface area contributed by atoms with Gasteiger partial charge < -0.3 is 20.7 Å². The number of ether oxygens (including phenoxy) is 1. The minimum Gasteiger partial charge on any atom is -0.489 e. The van der Waals surface area contributed by atoms with Crippen LogP contribution >= 0.6 is 0 Å². The maximum Gasteiger partial charge on any atom is 0.243 e. The van der Waals surface area contributed by atoms with E-state index >= 15 is 0 Å². The van der Waals surface area contributed by atoms with Crippen LogP contribution in [0.2, 0.25) is 0 Å². The van der Waals surface area contributed by atoms with Crippen LogP contribution in [0.1, 0.15) is 13.8 Å². The molecule has 2 aromatic rings. The van der Waals surface area contributed by atoms with Crippen molar-refractivity contribution in [1.29, 1.82) is 0 Å². The molecule has 0 aromatic heterocycles. The van der Waals surface area contributed by atoms with Crippen LogP contribution in [0.25, 0.3) is 0 Å². The van der Waals surface area contributed by atoms with Crippen LogP contribution in [0.5, 0.6) is 5.75 Å². The van der Waals surface area contributed by atoms with E-state index in [0.29, 0.717) is 18.0 Å². The lowest BCUT2D eigenvalue weighted by atomic mass is 10.2. The fraction of sp³-hybridized carbons (Fsp3) is 0.200. The standard InChI is InChI=1S/C20H23N3O3/c1-14(2)13-26-19-9-7-16(8-10-19)21-12-20(25)23-18-6-4-5-17(11-18)22-15(3)24/h4-11,21H,1,12-13H2,2-3H3,(H,22,24)(H,23,25). The van der Waals surface area contributed by atoms with Crippen LogP contribution in [0.3, 0.4) is 0 Å². The lowest BCUT2D eigenvalue weighted by Crippen LogP contribution is -2.21. The van der Waals surface area contributed by atoms with Gasteiger partial charge in [-0.25, -0.2) is 0 Å². The second-order valence-electron chi connectivity index (χ2n) is 5.93. The third-order valence-electron chi connectivity index (χ3n) is 3.26. The van der Waals surface area contributed by atoms with Crippen molar-refractivity contribution in [2.75, 3.05) is 29.1 Å². The highest BCUT2D eigenvalue weighted by Gasteiger charge is 2.04. The quantitative estimate of drug-likeness (QED) is 0.633. The number of anilines is 3. The number of carbonyl (C=O) groups is 2. The van der Waals surface area contributed by atoms with Gasteiger partial charge in [-0.2, -0.15) is 0 Å². The van der Waals surface area contributed by atoms with E-state index in [9.17, 15) is 9.59 Å². The lowest BCUT2D eigenvalue weighted by molar-refractivity contribution is -0.115. The Hall–Kier alpha value is -3.28. The molecule has 0 fully saturated rings. The summed E-state index contributed by atoms with van der Waals surface area (Å²) >= 11 is 0. The van der Waals surface area contributed by atoms with Gasteiger partial charge in [0.25, 0.3) is 0 Å². The summed E-state index contributed by atoms with van der Waals surface area (Å²) in [5, 5.41) is 8.51. The van der Waals surface area contributed by atoms with Crippen LogP contribution in [0.15, 0.2) is 60.7 Å². The van der Waals surface area contributed by atoms with Crippen LogP contribution in [0.4, 0.5) is 17.1 Å². The first-order chi connectivity index (χ1) is 12.4. The Morgan fingerprint density at radius 2 is 1.62 bits per heavy atom. The fourth-order valence-electron chi connectivity index (χ4n) is 2.14. The average Bonchev–Trinajstić information content (AvgIpc) is 2.59. The maximum atomic E-state index is 12.1. The Labute approximate surface area is 153 Å². The number of rotatable bonds is 8. The van der Waals surface area contributed by atoms with E-state index in [0.717, 1.165) is 17.0 Å². The van der Waals surface area contributed by atoms with Crippen molar-refractivity contribution in [2.24, 2.45) is 0 Å². The van der Waals surface area contributed by atoms with Crippen LogP contribution < -0.4 is 20.7 Å². The topological polar surface area (TPSA) is 79.5 Å². The van der Waals surface area contributed by atoms with Crippen LogP contribution in [-0.4, -0.2) is 25.0 Å². The first-order valence-electron chi connectivity index (χ1n) is 8.21. The summed E-state index contributed by atoms with van der Waals surface area (Å²) < 4.78 is 5.53. The predicted octanol–water partition coefficient (Wildman–Crippen LogP) is 3.65. The van der Waals surface area contributed by atoms with E-state index in [2.05, 4.69) is 22.5 Å². The third kappa shape index (κ3) is 6.68. The van der Waals surface area contributed by atoms with Crippen molar-refractivity contribution in [3.8, 4) is 5.75 Å². The number of carbonyl (C=O) groups excluding carboxylic acids is 2. The SMILES string of the molecule is C=C(C)COc1ccc(NCC(=O)Nc2cccc(NC(C)=O)c2)cc1. The van der Waals surface area contributed by atoms with Gasteiger partial charge in [0.2, 0.25) is 11.8 Å². The zero-order valence-electron chi connectivity index (χ0n) is 15.0. The number of benzene rings is 2. The molecule has 136 valence electrons. The second-order valence-corrected chi connectivity index (χ2v) is 5.93. The molecule has 2 amide bonds. The van der Waals surface area contributed by atoms with Crippen molar-refractivity contribution in [3.05, 3.63) is 60.7 Å². The highest BCUT2D eigenvalue weighted by Crippen LogP contribution is 2.17. The first kappa shape index (κ1) is 19.1. The van der Waals surface area contributed by atoms with Gasteiger partial charge in [-0.05, 0) is 55.0 Å². The van der Waals surface area contributed by atoms with E-state index in [-0.39, 0.29) is 18.4 Å². The molecule has 0 saturated carbocycles. The molecule has 2 rings (SSSR count). The number of nitrogens with one attached hydrogen (secondary N) is 3. The molecular weight excluding hydrogens is 330 g/mol. The number of hydrogen-bond donors (Lipinski definition) is 3. The average molecular weight is 353 g/mol. The molecule has 3 N–H and O–H groups in total. The lowest BCUT2D eigenvalue weighted by Gasteiger charge is -2.10. The number of amides is 2. The zero-order chi connectivity index (χ0) is 18.9. The van der Waals surface area contributed by atoms with Gasteiger partial charge in [0.1, 0.15) is 12.4 Å². The van der Waals surface area contributed by atoms with Gasteiger partial charge in [0, 0.05) is 24.0 Å². The zero-order valence-corrected chi connectivity index (χ0v) is 15.0. The highest BCUT2D eigenvalue weighted by atomic mass is 16.5. The Morgan fingerprint density at radius 1 is 0.962 bits per heavy atom. The molecular formula is C20H23N3O3. The van der Waals surface area contributed by atoms with Crippen molar-refractivity contribution < 1.29 is 14.3 Å². The molecule has 0 aliphatic carbocycles. The Bertz CT molecular complexity index is 785. The minimum atomic E-state index is -0.187. The molecule has 6 heteroatoms. The Balaban J connectivity index is 1.83. The van der Waals surface area contributed by atoms with Gasteiger partial charge in [-0.1, -0.05) is 12.6 Å². The molecule has 0 aliphatic rings. The molecule has 2 aromatic carbocycles. The number of hydrogen-bond acceptors (Lipinski definition) is 4. The molecule has 0 radical (unpaired) electrons. The van der Waals surface area contributed by atoms with Gasteiger partial charge in [0.05, 0.1) is 6.54 Å². The van der Waals surface area contributed by atoms with Crippen molar-refractivity contribution >= 4 is 28.9 Å². The smallest absolute Gasteiger partial charge is 0.243 e. The van der Waals surface area contributed by atoms with Crippen molar-refractivity contribution in [2.45, 2.75) is 13.8 Å². The van der Waals surface area contributed by atoms with Crippen LogP contribution in [0, 0.1) is 0 Å². The second kappa shape index (κ2) is 9.27. The molecule has 26 heavy (non-hydrogen) atoms. The van der Waals surface area contributed by atoms with E-state index in [4.69, 9.17) is 4.74 Å². The molecule has 0 saturated heterocycles. The highest BCUT2D eigenvalue weighted by molar-refractivity contribution is 5.95. The fourth-order valence-corrected chi connectivity index (χ4v) is 2.14. The third-order valence-corrected chi connectivity index (χ3v) is 3.26. The maximum absolute atomic E-state index is 12.1. The molecule has 0 heterocycles. The van der Waals surface area contributed by atoms with Crippen LogP contribution in [-0.2, 0) is 9.59 Å². The largest absolute Gasteiger partial charge is 0.489 e. The molecule has 0 bridgehead atoms. The molecule has 0 atom stereocenters. The summed E-state index contributed by atoms with van der Waals surface area (Å²) in [7, 11) is 0. The van der Waals surface area contributed by atoms with E-state index in [1.54, 1.807) is 24.3 Å². The predicted molar refractivity (Wildman–Crippen MR) is 105 cm³/mol. The van der Waals surface area contributed by atoms with Crippen molar-refractivity contribution in [3.63, 3.8) is 0 Å². The summed E-state index contributed by atoms with van der Waals surface area (Å²) in [6.45, 7) is 7.73. The van der Waals surface area contributed by atoms with E-state index in [1.807, 2.05) is 31.2 Å². The minimum absolute atomic E-state index is 0.121. The summed E-state index contributed by atoms with van der Waals surface area (Å²) in [6.07, 6.45) is 0. The monoisotopic (exact) mass is 353 g/mol. The summed E-state index contributed by atoms with van der Waals surface area (Å²) in [5.74, 6) is 0.399. The van der Waals surface area contributed by atoms with Gasteiger partial charge >= 0.3 is 0 Å². The molecule has 0 aliphatic heterocycles.